The molecule has 1 aliphatic rings. The predicted molar refractivity (Wildman–Crippen MR) is 113 cm³/mol. The number of para-hydroxylation sites is 1. The molecule has 1 fully saturated rings. The van der Waals surface area contributed by atoms with E-state index < -0.39 is 0 Å². The highest BCUT2D eigenvalue weighted by Crippen LogP contribution is 2.36. The van der Waals surface area contributed by atoms with Crippen molar-refractivity contribution >= 4 is 32.6 Å². The van der Waals surface area contributed by atoms with E-state index in [0.717, 1.165) is 52.3 Å². The number of ether oxygens (including phenoxy) is 1. The van der Waals surface area contributed by atoms with E-state index in [9.17, 15) is 4.79 Å². The summed E-state index contributed by atoms with van der Waals surface area (Å²) in [5.74, 6) is 1.05. The van der Waals surface area contributed by atoms with Crippen LogP contribution in [0.1, 0.15) is 44.6 Å². The van der Waals surface area contributed by atoms with Crippen molar-refractivity contribution in [2.24, 2.45) is 5.92 Å². The second-order valence-corrected chi connectivity index (χ2v) is 8.16. The molecule has 5 nitrogen and oxygen atoms in total. The maximum Gasteiger partial charge on any atom is 0.232 e. The van der Waals surface area contributed by atoms with Crippen LogP contribution < -0.4 is 9.64 Å². The molecule has 0 unspecified atom stereocenters. The van der Waals surface area contributed by atoms with Crippen molar-refractivity contribution in [2.75, 3.05) is 11.5 Å². The molecule has 1 aliphatic carbocycles. The molecule has 146 valence electrons. The first-order chi connectivity index (χ1) is 13.8. The average Bonchev–Trinajstić information content (AvgIpc) is 3.18. The number of nitrogens with zero attached hydrogens (tertiary/aromatic N) is 3. The number of fused-ring (bicyclic) bond motifs is 1. The molecule has 2 heterocycles. The number of hydrogen-bond acceptors (Lipinski definition) is 5. The van der Waals surface area contributed by atoms with Crippen molar-refractivity contribution in [3.8, 4) is 5.75 Å². The summed E-state index contributed by atoms with van der Waals surface area (Å²) in [6.07, 6.45) is 8.98. The summed E-state index contributed by atoms with van der Waals surface area (Å²) in [5, 5.41) is 0.745. The zero-order valence-corrected chi connectivity index (χ0v) is 17.0. The third kappa shape index (κ3) is 4.02. The van der Waals surface area contributed by atoms with E-state index in [1.54, 1.807) is 23.7 Å². The Balaban J connectivity index is 1.70. The van der Waals surface area contributed by atoms with Crippen LogP contribution in [0.15, 0.2) is 42.7 Å². The van der Waals surface area contributed by atoms with Crippen molar-refractivity contribution in [1.82, 2.24) is 9.97 Å². The Bertz CT molecular complexity index is 935. The van der Waals surface area contributed by atoms with Gasteiger partial charge >= 0.3 is 0 Å². The normalized spacial score (nSPS) is 14.9. The minimum absolute atomic E-state index is 0.0916. The van der Waals surface area contributed by atoms with Gasteiger partial charge in [0.05, 0.1) is 17.9 Å². The molecule has 0 atom stereocenters. The maximum absolute atomic E-state index is 13.4. The summed E-state index contributed by atoms with van der Waals surface area (Å²) in [4.78, 5) is 24.2. The highest BCUT2D eigenvalue weighted by atomic mass is 32.1. The molecule has 28 heavy (non-hydrogen) atoms. The highest BCUT2D eigenvalue weighted by molar-refractivity contribution is 7.22. The van der Waals surface area contributed by atoms with E-state index >= 15 is 0 Å². The van der Waals surface area contributed by atoms with Crippen LogP contribution in [-0.2, 0) is 11.3 Å². The van der Waals surface area contributed by atoms with Gasteiger partial charge in [0.2, 0.25) is 5.91 Å². The van der Waals surface area contributed by atoms with Gasteiger partial charge in [-0.2, -0.15) is 0 Å². The van der Waals surface area contributed by atoms with E-state index in [0.29, 0.717) is 13.2 Å². The van der Waals surface area contributed by atoms with Gasteiger partial charge in [-0.05, 0) is 49.6 Å². The van der Waals surface area contributed by atoms with E-state index in [1.807, 2.05) is 42.2 Å². The Morgan fingerprint density at radius 2 is 1.96 bits per heavy atom. The van der Waals surface area contributed by atoms with E-state index in [1.165, 1.54) is 6.42 Å². The minimum atomic E-state index is 0.0916. The van der Waals surface area contributed by atoms with E-state index in [4.69, 9.17) is 9.72 Å². The number of carbonyl (C=O) groups excluding carboxylic acids is 1. The summed E-state index contributed by atoms with van der Waals surface area (Å²) in [6, 6.07) is 9.87. The lowest BCUT2D eigenvalue weighted by Gasteiger charge is -2.27. The second-order valence-electron chi connectivity index (χ2n) is 7.15. The monoisotopic (exact) mass is 395 g/mol. The van der Waals surface area contributed by atoms with Crippen LogP contribution in [0, 0.1) is 5.92 Å². The van der Waals surface area contributed by atoms with Crippen molar-refractivity contribution in [3.63, 3.8) is 0 Å². The lowest BCUT2D eigenvalue weighted by Crippen LogP contribution is -2.36. The summed E-state index contributed by atoms with van der Waals surface area (Å²) in [7, 11) is 0. The fraction of sp³-hybridized carbons (Fsp3) is 0.409. The van der Waals surface area contributed by atoms with Crippen LogP contribution in [0.5, 0.6) is 5.75 Å². The molecule has 0 N–H and O–H groups in total. The molecule has 2 aromatic heterocycles. The third-order valence-corrected chi connectivity index (χ3v) is 6.26. The number of carbonyl (C=O) groups is 1. The number of rotatable bonds is 6. The first kappa shape index (κ1) is 18.9. The fourth-order valence-electron chi connectivity index (χ4n) is 3.78. The van der Waals surface area contributed by atoms with Crippen LogP contribution in [0.4, 0.5) is 5.13 Å². The molecule has 1 saturated carbocycles. The van der Waals surface area contributed by atoms with E-state index in [-0.39, 0.29) is 11.8 Å². The SMILES string of the molecule is CCOc1cccc2sc(N(Cc3ccncc3)C(=O)C3CCCCC3)nc12. The van der Waals surface area contributed by atoms with Crippen LogP contribution in [-0.4, -0.2) is 22.5 Å². The van der Waals surface area contributed by atoms with Gasteiger partial charge in [-0.25, -0.2) is 4.98 Å². The predicted octanol–water partition coefficient (Wildman–Crippen LogP) is 5.20. The summed E-state index contributed by atoms with van der Waals surface area (Å²) in [6.45, 7) is 3.07. The first-order valence-corrected chi connectivity index (χ1v) is 10.8. The Kier molecular flexibility index (Phi) is 5.86. The molecular formula is C22H25N3O2S. The van der Waals surface area contributed by atoms with Crippen LogP contribution in [0.25, 0.3) is 10.2 Å². The molecule has 0 radical (unpaired) electrons. The molecule has 6 heteroatoms. The summed E-state index contributed by atoms with van der Waals surface area (Å²) in [5.41, 5.74) is 1.89. The molecule has 0 bridgehead atoms. The minimum Gasteiger partial charge on any atom is -0.492 e. The van der Waals surface area contributed by atoms with Crippen molar-refractivity contribution in [3.05, 3.63) is 48.3 Å². The maximum atomic E-state index is 13.4. The smallest absolute Gasteiger partial charge is 0.232 e. The van der Waals surface area contributed by atoms with Gasteiger partial charge in [-0.15, -0.1) is 0 Å². The Hall–Kier alpha value is -2.47. The number of amides is 1. The third-order valence-electron chi connectivity index (χ3n) is 5.21. The highest BCUT2D eigenvalue weighted by Gasteiger charge is 2.29. The average molecular weight is 396 g/mol. The molecule has 0 saturated heterocycles. The lowest BCUT2D eigenvalue weighted by atomic mass is 9.88. The van der Waals surface area contributed by atoms with Crippen LogP contribution >= 0.6 is 11.3 Å². The molecule has 1 aromatic carbocycles. The Morgan fingerprint density at radius 3 is 2.71 bits per heavy atom. The lowest BCUT2D eigenvalue weighted by molar-refractivity contribution is -0.123. The molecule has 0 spiro atoms. The Labute approximate surface area is 169 Å². The number of anilines is 1. The molecule has 3 aromatic rings. The van der Waals surface area contributed by atoms with E-state index in [2.05, 4.69) is 4.98 Å². The zero-order chi connectivity index (χ0) is 19.3. The van der Waals surface area contributed by atoms with Gasteiger partial charge in [0, 0.05) is 18.3 Å². The van der Waals surface area contributed by atoms with Crippen molar-refractivity contribution in [1.29, 1.82) is 0 Å². The Morgan fingerprint density at radius 1 is 1.18 bits per heavy atom. The topological polar surface area (TPSA) is 55.3 Å². The number of hydrogen-bond donors (Lipinski definition) is 0. The quantitative estimate of drug-likeness (QED) is 0.575. The second kappa shape index (κ2) is 8.69. The van der Waals surface area contributed by atoms with Gasteiger partial charge in [0.25, 0.3) is 0 Å². The first-order valence-electron chi connectivity index (χ1n) is 9.99. The number of benzene rings is 1. The number of thiazole rings is 1. The summed E-state index contributed by atoms with van der Waals surface area (Å²) < 4.78 is 6.78. The van der Waals surface area contributed by atoms with Gasteiger partial charge in [0.15, 0.2) is 5.13 Å². The van der Waals surface area contributed by atoms with Gasteiger partial charge in [-0.1, -0.05) is 36.7 Å². The number of aromatic nitrogens is 2. The van der Waals surface area contributed by atoms with Gasteiger partial charge in [-0.3, -0.25) is 14.7 Å². The van der Waals surface area contributed by atoms with Crippen LogP contribution in [0.2, 0.25) is 0 Å². The van der Waals surface area contributed by atoms with Gasteiger partial charge < -0.3 is 4.74 Å². The molecular weight excluding hydrogens is 370 g/mol. The largest absolute Gasteiger partial charge is 0.492 e. The van der Waals surface area contributed by atoms with Crippen molar-refractivity contribution in [2.45, 2.75) is 45.6 Å². The van der Waals surface area contributed by atoms with Crippen LogP contribution in [0.3, 0.4) is 0 Å². The fourth-order valence-corrected chi connectivity index (χ4v) is 4.77. The zero-order valence-electron chi connectivity index (χ0n) is 16.1. The molecule has 0 aliphatic heterocycles. The molecule has 1 amide bonds. The van der Waals surface area contributed by atoms with Gasteiger partial charge in [0.1, 0.15) is 11.3 Å². The standard InChI is InChI=1S/C22H25N3O2S/c1-2-27-18-9-6-10-19-20(18)24-22(28-19)25(15-16-11-13-23-14-12-16)21(26)17-7-4-3-5-8-17/h6,9-14,17H,2-5,7-8,15H2,1H3. The van der Waals surface area contributed by atoms with Crippen molar-refractivity contribution < 1.29 is 9.53 Å². The molecule has 4 rings (SSSR count). The summed E-state index contributed by atoms with van der Waals surface area (Å²) >= 11 is 1.56. The number of pyridine rings is 1.